The van der Waals surface area contributed by atoms with Gasteiger partial charge in [0.25, 0.3) is 0 Å². The number of rotatable bonds is 0. The number of fused-ring (bicyclic) bond motifs is 1. The van der Waals surface area contributed by atoms with E-state index in [1.165, 1.54) is 5.39 Å². The molecule has 2 rings (SSSR count). The first-order valence-corrected chi connectivity index (χ1v) is 5.10. The molecule has 0 aliphatic carbocycles. The molecule has 1 nitrogen and oxygen atoms in total. The van der Waals surface area contributed by atoms with Crippen LogP contribution in [0.5, 0.6) is 0 Å². The average molecular weight is 179 g/mol. The Kier molecular flexibility index (Phi) is 3.23. The van der Waals surface area contributed by atoms with Gasteiger partial charge in [-0.2, -0.15) is 0 Å². The van der Waals surface area contributed by atoms with E-state index < -0.39 is 0 Å². The molecular formula is C10H13NS. The molecule has 0 aliphatic rings. The molecule has 0 aromatic carbocycles. The highest BCUT2D eigenvalue weighted by atomic mass is 32.1. The summed E-state index contributed by atoms with van der Waals surface area (Å²) in [4.78, 5) is 4.35. The fraction of sp³-hybridized carbons (Fsp3) is 0.300. The van der Waals surface area contributed by atoms with Crippen LogP contribution < -0.4 is 0 Å². The van der Waals surface area contributed by atoms with E-state index in [2.05, 4.69) is 21.8 Å². The third-order valence-corrected chi connectivity index (χ3v) is 2.22. The fourth-order valence-corrected chi connectivity index (χ4v) is 1.69. The molecule has 0 unspecified atom stereocenters. The van der Waals surface area contributed by atoms with E-state index in [1.807, 2.05) is 26.8 Å². The summed E-state index contributed by atoms with van der Waals surface area (Å²) in [7, 11) is 0. The van der Waals surface area contributed by atoms with Crippen molar-refractivity contribution in [3.8, 4) is 0 Å². The van der Waals surface area contributed by atoms with Crippen LogP contribution in [0.1, 0.15) is 19.5 Å². The monoisotopic (exact) mass is 179 g/mol. The largest absolute Gasteiger partial charge is 0.252 e. The Hall–Kier alpha value is -0.890. The minimum atomic E-state index is 1.09. The molecule has 0 bridgehead atoms. The molecule has 2 aromatic heterocycles. The summed E-state index contributed by atoms with van der Waals surface area (Å²) in [6.07, 6.45) is 0. The first-order chi connectivity index (χ1) is 5.86. The molecule has 0 N–H and O–H groups in total. The smallest absolute Gasteiger partial charge is 0.0812 e. The van der Waals surface area contributed by atoms with Crippen LogP contribution in [0.25, 0.3) is 10.9 Å². The maximum absolute atomic E-state index is 4.35. The first-order valence-electron chi connectivity index (χ1n) is 4.16. The predicted molar refractivity (Wildman–Crippen MR) is 55.7 cm³/mol. The molecule has 0 radical (unpaired) electrons. The number of hydrogen-bond acceptors (Lipinski definition) is 2. The van der Waals surface area contributed by atoms with Crippen LogP contribution in [0.15, 0.2) is 22.9 Å². The molecule has 64 valence electrons. The van der Waals surface area contributed by atoms with Crippen molar-refractivity contribution in [3.63, 3.8) is 0 Å². The molecule has 2 heteroatoms. The van der Waals surface area contributed by atoms with E-state index >= 15 is 0 Å². The highest BCUT2D eigenvalue weighted by Gasteiger charge is 1.93. The van der Waals surface area contributed by atoms with Crippen LogP contribution in [0.4, 0.5) is 0 Å². The zero-order valence-electron chi connectivity index (χ0n) is 7.66. The van der Waals surface area contributed by atoms with Crippen molar-refractivity contribution < 1.29 is 0 Å². The van der Waals surface area contributed by atoms with E-state index in [0.717, 1.165) is 11.2 Å². The Morgan fingerprint density at radius 1 is 1.17 bits per heavy atom. The maximum atomic E-state index is 4.35. The van der Waals surface area contributed by atoms with Crippen molar-refractivity contribution in [1.29, 1.82) is 0 Å². The molecule has 0 spiro atoms. The third-order valence-electron chi connectivity index (χ3n) is 1.47. The Morgan fingerprint density at radius 3 is 2.67 bits per heavy atom. The van der Waals surface area contributed by atoms with Gasteiger partial charge in [0.2, 0.25) is 0 Å². The summed E-state index contributed by atoms with van der Waals surface area (Å²) in [6, 6.07) is 4.14. The molecule has 12 heavy (non-hydrogen) atoms. The molecule has 0 fully saturated rings. The van der Waals surface area contributed by atoms with Gasteiger partial charge in [0.1, 0.15) is 0 Å². The van der Waals surface area contributed by atoms with Gasteiger partial charge < -0.3 is 0 Å². The summed E-state index contributed by atoms with van der Waals surface area (Å²) in [5, 5.41) is 5.43. The normalized spacial score (nSPS) is 9.25. The second-order valence-electron chi connectivity index (χ2n) is 2.30. The van der Waals surface area contributed by atoms with Crippen LogP contribution >= 0.6 is 11.3 Å². The van der Waals surface area contributed by atoms with Gasteiger partial charge in [-0.05, 0) is 13.0 Å². The van der Waals surface area contributed by atoms with E-state index in [-0.39, 0.29) is 0 Å². The van der Waals surface area contributed by atoms with Crippen molar-refractivity contribution in [2.75, 3.05) is 0 Å². The predicted octanol–water partition coefficient (Wildman–Crippen LogP) is 3.63. The van der Waals surface area contributed by atoms with E-state index in [4.69, 9.17) is 0 Å². The van der Waals surface area contributed by atoms with Gasteiger partial charge in [-0.25, -0.2) is 0 Å². The Bertz CT molecular complexity index is 351. The van der Waals surface area contributed by atoms with Gasteiger partial charge in [0.05, 0.1) is 5.52 Å². The van der Waals surface area contributed by atoms with E-state index in [9.17, 15) is 0 Å². The Labute approximate surface area is 77.1 Å². The number of pyridine rings is 1. The lowest BCUT2D eigenvalue weighted by atomic mass is 10.3. The van der Waals surface area contributed by atoms with Crippen molar-refractivity contribution in [3.05, 3.63) is 28.6 Å². The molecule has 0 saturated carbocycles. The lowest BCUT2D eigenvalue weighted by Gasteiger charge is -1.89. The van der Waals surface area contributed by atoms with E-state index in [1.54, 1.807) is 11.3 Å². The Balaban J connectivity index is 0.000000336. The van der Waals surface area contributed by atoms with Gasteiger partial charge >= 0.3 is 0 Å². The van der Waals surface area contributed by atoms with Gasteiger partial charge in [0, 0.05) is 21.8 Å². The lowest BCUT2D eigenvalue weighted by Crippen LogP contribution is -1.76. The fourth-order valence-electron chi connectivity index (χ4n) is 0.953. The van der Waals surface area contributed by atoms with Crippen LogP contribution in [-0.4, -0.2) is 4.98 Å². The summed E-state index contributed by atoms with van der Waals surface area (Å²) in [5.74, 6) is 0. The number of aryl methyl sites for hydroxylation is 1. The van der Waals surface area contributed by atoms with Crippen LogP contribution in [-0.2, 0) is 0 Å². The molecule has 0 saturated heterocycles. The quantitative estimate of drug-likeness (QED) is 0.601. The SMILES string of the molecule is CC.Cc1ccc2cscc2n1. The molecule has 0 amide bonds. The molecule has 0 atom stereocenters. The number of hydrogen-bond donors (Lipinski definition) is 0. The topological polar surface area (TPSA) is 12.9 Å². The van der Waals surface area contributed by atoms with Crippen LogP contribution in [0, 0.1) is 6.92 Å². The van der Waals surface area contributed by atoms with Crippen molar-refractivity contribution in [2.45, 2.75) is 20.8 Å². The average Bonchev–Trinajstić information content (AvgIpc) is 2.54. The van der Waals surface area contributed by atoms with Crippen LogP contribution in [0.3, 0.4) is 0 Å². The van der Waals surface area contributed by atoms with Gasteiger partial charge in [-0.1, -0.05) is 19.9 Å². The maximum Gasteiger partial charge on any atom is 0.0812 e. The second kappa shape index (κ2) is 4.21. The number of thiophene rings is 1. The highest BCUT2D eigenvalue weighted by Crippen LogP contribution is 2.16. The molecule has 0 aliphatic heterocycles. The first kappa shape index (κ1) is 9.20. The zero-order valence-corrected chi connectivity index (χ0v) is 8.48. The van der Waals surface area contributed by atoms with Gasteiger partial charge in [0.15, 0.2) is 0 Å². The standard InChI is InChI=1S/C8H7NS.C2H6/c1-6-2-3-7-4-10-5-8(7)9-6;1-2/h2-5H,1H3;1-2H3. The summed E-state index contributed by atoms with van der Waals surface area (Å²) >= 11 is 1.70. The van der Waals surface area contributed by atoms with Gasteiger partial charge in [-0.3, -0.25) is 4.98 Å². The Morgan fingerprint density at radius 2 is 1.92 bits per heavy atom. The zero-order chi connectivity index (χ0) is 8.97. The summed E-state index contributed by atoms with van der Waals surface area (Å²) < 4.78 is 0. The second-order valence-corrected chi connectivity index (χ2v) is 3.04. The third kappa shape index (κ3) is 1.83. The van der Waals surface area contributed by atoms with E-state index in [0.29, 0.717) is 0 Å². The summed E-state index contributed by atoms with van der Waals surface area (Å²) in [5.41, 5.74) is 2.20. The van der Waals surface area contributed by atoms with Crippen molar-refractivity contribution in [2.24, 2.45) is 0 Å². The summed E-state index contributed by atoms with van der Waals surface area (Å²) in [6.45, 7) is 6.01. The van der Waals surface area contributed by atoms with Crippen molar-refractivity contribution >= 4 is 22.2 Å². The molecule has 2 heterocycles. The molecule has 2 aromatic rings. The minimum absolute atomic E-state index is 1.09. The number of aromatic nitrogens is 1. The number of nitrogens with zero attached hydrogens (tertiary/aromatic N) is 1. The highest BCUT2D eigenvalue weighted by molar-refractivity contribution is 7.09. The molecular weight excluding hydrogens is 166 g/mol. The minimum Gasteiger partial charge on any atom is -0.252 e. The van der Waals surface area contributed by atoms with Gasteiger partial charge in [-0.15, -0.1) is 11.3 Å². The van der Waals surface area contributed by atoms with Crippen LogP contribution in [0.2, 0.25) is 0 Å². The lowest BCUT2D eigenvalue weighted by molar-refractivity contribution is 1.26. The van der Waals surface area contributed by atoms with Crippen molar-refractivity contribution in [1.82, 2.24) is 4.98 Å².